The first-order chi connectivity index (χ1) is 21.8. The second-order valence-electron chi connectivity index (χ2n) is 12.2. The first-order valence-electron chi connectivity index (χ1n) is 16.6. The second kappa shape index (κ2) is 17.3. The Morgan fingerprint density at radius 3 is 1.78 bits per heavy atom. The zero-order valence-electron chi connectivity index (χ0n) is 27.1. The van der Waals surface area contributed by atoms with Crippen LogP contribution >= 0.6 is 0 Å². The van der Waals surface area contributed by atoms with E-state index < -0.39 is 30.4 Å². The van der Waals surface area contributed by atoms with Crippen LogP contribution in [0, 0.1) is 5.92 Å². The minimum atomic E-state index is -1.17. The number of carbonyl (C=O) groups excluding carboxylic acids is 3. The van der Waals surface area contributed by atoms with Crippen molar-refractivity contribution in [3.8, 4) is 11.1 Å². The van der Waals surface area contributed by atoms with Crippen LogP contribution in [0.5, 0.6) is 0 Å². The average molecular weight is 620 g/mol. The van der Waals surface area contributed by atoms with E-state index in [0.29, 0.717) is 17.1 Å². The summed E-state index contributed by atoms with van der Waals surface area (Å²) in [5.41, 5.74) is 4.88. The molecule has 1 amide bonds. The van der Waals surface area contributed by atoms with Gasteiger partial charge in [0.2, 0.25) is 5.91 Å². The number of amides is 1. The third-order valence-corrected chi connectivity index (χ3v) is 8.81. The number of carbonyl (C=O) groups is 3. The monoisotopic (exact) mass is 619 g/mol. The summed E-state index contributed by atoms with van der Waals surface area (Å²) < 4.78 is 21.8. The molecule has 0 bridgehead atoms. The molecule has 8 nitrogen and oxygen atoms in total. The van der Waals surface area contributed by atoms with Crippen molar-refractivity contribution in [3.63, 3.8) is 0 Å². The Morgan fingerprint density at radius 2 is 1.27 bits per heavy atom. The first kappa shape index (κ1) is 34.4. The number of unbranched alkanes of at least 4 members (excludes halogenated alkanes) is 3. The molecule has 2 fully saturated rings. The molecule has 1 N–H and O–H groups in total. The summed E-state index contributed by atoms with van der Waals surface area (Å²) >= 11 is 0. The summed E-state index contributed by atoms with van der Waals surface area (Å²) in [6, 6.07) is 16.7. The van der Waals surface area contributed by atoms with E-state index in [0.717, 1.165) is 36.4 Å². The van der Waals surface area contributed by atoms with Gasteiger partial charge in [-0.3, -0.25) is 4.79 Å². The number of rotatable bonds is 15. The lowest BCUT2D eigenvalue weighted by Gasteiger charge is -2.29. The molecule has 1 saturated heterocycles. The molecule has 45 heavy (non-hydrogen) atoms. The lowest BCUT2D eigenvalue weighted by atomic mass is 9.77. The van der Waals surface area contributed by atoms with Crippen LogP contribution in [0.15, 0.2) is 60.7 Å². The SMILES string of the molecule is C=C(C)C(=O)NCCCCCCC1CCC(c2ccc(-c3ccc(C4O[C@@H](C(=O)OCC)[C@H](C(=O)OCC)O4)cc3)cc2)CC1. The van der Waals surface area contributed by atoms with Crippen LogP contribution in [0.3, 0.4) is 0 Å². The van der Waals surface area contributed by atoms with E-state index in [1.165, 1.54) is 50.5 Å². The highest BCUT2D eigenvalue weighted by atomic mass is 16.8. The van der Waals surface area contributed by atoms with Crippen LogP contribution in [0.1, 0.15) is 102 Å². The number of hydrogen-bond acceptors (Lipinski definition) is 7. The largest absolute Gasteiger partial charge is 0.464 e. The maximum Gasteiger partial charge on any atom is 0.338 e. The molecular formula is C37H49NO7. The molecule has 2 atom stereocenters. The molecule has 0 unspecified atom stereocenters. The zero-order chi connectivity index (χ0) is 32.2. The van der Waals surface area contributed by atoms with Gasteiger partial charge in [0.1, 0.15) is 0 Å². The molecule has 1 aliphatic carbocycles. The van der Waals surface area contributed by atoms with E-state index in [9.17, 15) is 14.4 Å². The molecule has 1 saturated carbocycles. The van der Waals surface area contributed by atoms with E-state index in [-0.39, 0.29) is 19.1 Å². The molecule has 4 rings (SSSR count). The minimum absolute atomic E-state index is 0.0406. The van der Waals surface area contributed by atoms with Gasteiger partial charge in [-0.05, 0) is 81.4 Å². The van der Waals surface area contributed by atoms with E-state index in [2.05, 4.69) is 36.2 Å². The fraction of sp³-hybridized carbons (Fsp3) is 0.541. The molecule has 1 aliphatic heterocycles. The fourth-order valence-electron chi connectivity index (χ4n) is 6.23. The van der Waals surface area contributed by atoms with E-state index in [4.69, 9.17) is 18.9 Å². The van der Waals surface area contributed by atoms with Gasteiger partial charge in [-0.2, -0.15) is 0 Å². The van der Waals surface area contributed by atoms with Gasteiger partial charge in [-0.15, -0.1) is 0 Å². The normalized spacial score (nSPS) is 21.7. The third-order valence-electron chi connectivity index (χ3n) is 8.81. The smallest absolute Gasteiger partial charge is 0.338 e. The predicted molar refractivity (Wildman–Crippen MR) is 173 cm³/mol. The highest BCUT2D eigenvalue weighted by Gasteiger charge is 2.47. The number of hydrogen-bond donors (Lipinski definition) is 1. The summed E-state index contributed by atoms with van der Waals surface area (Å²) in [5.74, 6) is 0.123. The van der Waals surface area contributed by atoms with Crippen molar-refractivity contribution in [1.82, 2.24) is 5.32 Å². The van der Waals surface area contributed by atoms with Crippen LogP contribution in [0.2, 0.25) is 0 Å². The van der Waals surface area contributed by atoms with Gasteiger partial charge >= 0.3 is 11.9 Å². The Bertz CT molecular complexity index is 1240. The van der Waals surface area contributed by atoms with E-state index in [1.807, 2.05) is 24.3 Å². The van der Waals surface area contributed by atoms with Gasteiger partial charge in [0.15, 0.2) is 18.5 Å². The molecule has 0 radical (unpaired) electrons. The van der Waals surface area contributed by atoms with Crippen LogP contribution < -0.4 is 5.32 Å². The Labute approximate surface area is 267 Å². The van der Waals surface area contributed by atoms with Crippen molar-refractivity contribution in [1.29, 1.82) is 0 Å². The highest BCUT2D eigenvalue weighted by Crippen LogP contribution is 2.39. The lowest BCUT2D eigenvalue weighted by molar-refractivity contribution is -0.163. The Hall–Kier alpha value is -3.49. The highest BCUT2D eigenvalue weighted by molar-refractivity contribution is 5.92. The number of nitrogens with one attached hydrogen (secondary N) is 1. The Balaban J connectivity index is 1.22. The summed E-state index contributed by atoms with van der Waals surface area (Å²) in [7, 11) is 0. The summed E-state index contributed by atoms with van der Waals surface area (Å²) in [6.07, 6.45) is 7.86. The van der Waals surface area contributed by atoms with Gasteiger partial charge < -0.3 is 24.3 Å². The number of esters is 2. The summed E-state index contributed by atoms with van der Waals surface area (Å²) in [6.45, 7) is 9.89. The first-order valence-corrected chi connectivity index (χ1v) is 16.6. The molecule has 8 heteroatoms. The number of ether oxygens (including phenoxy) is 4. The van der Waals surface area contributed by atoms with Crippen molar-refractivity contribution < 1.29 is 33.3 Å². The van der Waals surface area contributed by atoms with Gasteiger partial charge in [0.25, 0.3) is 0 Å². The average Bonchev–Trinajstić information content (AvgIpc) is 3.51. The van der Waals surface area contributed by atoms with Gasteiger partial charge in [0.05, 0.1) is 13.2 Å². The quantitative estimate of drug-likeness (QED) is 0.128. The van der Waals surface area contributed by atoms with Crippen LogP contribution in [0.25, 0.3) is 11.1 Å². The molecule has 1 heterocycles. The van der Waals surface area contributed by atoms with E-state index >= 15 is 0 Å². The Kier molecular flexibility index (Phi) is 13.2. The minimum Gasteiger partial charge on any atom is -0.464 e. The molecule has 0 aromatic heterocycles. The van der Waals surface area contributed by atoms with Crippen LogP contribution in [0.4, 0.5) is 0 Å². The van der Waals surface area contributed by atoms with Crippen molar-refractivity contribution >= 4 is 17.8 Å². The maximum atomic E-state index is 12.4. The van der Waals surface area contributed by atoms with Crippen LogP contribution in [-0.4, -0.2) is 49.8 Å². The maximum absolute atomic E-state index is 12.4. The van der Waals surface area contributed by atoms with Crippen molar-refractivity contribution in [2.45, 2.75) is 103 Å². The number of benzene rings is 2. The standard InChI is InChI=1S/C37H49NO7/c1-5-42-35(40)32-33(36(41)43-6-2)45-37(44-32)31-22-20-30(21-23-31)29-18-16-28(17-19-29)27-14-12-26(13-15-27)11-9-7-8-10-24-38-34(39)25(3)4/h16-23,26-27,32-33,37H,3,5-15,24H2,1-2,4H3,(H,38,39)/t26?,27?,32-,33-/m1/s1. The third kappa shape index (κ3) is 9.75. The lowest BCUT2D eigenvalue weighted by Crippen LogP contribution is -2.39. The molecule has 2 aromatic rings. The zero-order valence-corrected chi connectivity index (χ0v) is 27.1. The predicted octanol–water partition coefficient (Wildman–Crippen LogP) is 7.18. The van der Waals surface area contributed by atoms with Gasteiger partial charge in [-0.1, -0.05) is 80.8 Å². The summed E-state index contributed by atoms with van der Waals surface area (Å²) in [4.78, 5) is 36.3. The van der Waals surface area contributed by atoms with Crippen molar-refractivity contribution in [2.24, 2.45) is 5.92 Å². The van der Waals surface area contributed by atoms with E-state index in [1.54, 1.807) is 20.8 Å². The van der Waals surface area contributed by atoms with Gasteiger partial charge in [-0.25, -0.2) is 9.59 Å². The Morgan fingerprint density at radius 1 is 0.756 bits per heavy atom. The summed E-state index contributed by atoms with van der Waals surface area (Å²) in [5, 5.41) is 2.91. The van der Waals surface area contributed by atoms with Crippen LogP contribution in [-0.2, 0) is 33.3 Å². The fourth-order valence-corrected chi connectivity index (χ4v) is 6.23. The van der Waals surface area contributed by atoms with Crippen molar-refractivity contribution in [3.05, 3.63) is 71.8 Å². The molecule has 2 aliphatic rings. The van der Waals surface area contributed by atoms with Crippen molar-refractivity contribution in [2.75, 3.05) is 19.8 Å². The molecule has 2 aromatic carbocycles. The van der Waals surface area contributed by atoms with Gasteiger partial charge in [0, 0.05) is 17.7 Å². The molecular weight excluding hydrogens is 570 g/mol. The topological polar surface area (TPSA) is 100 Å². The molecule has 0 spiro atoms. The molecule has 244 valence electrons. The second-order valence-corrected chi connectivity index (χ2v) is 12.2.